The van der Waals surface area contributed by atoms with Crippen LogP contribution in [0.2, 0.25) is 0 Å². The van der Waals surface area contributed by atoms with Gasteiger partial charge in [0.05, 0.1) is 4.92 Å². The summed E-state index contributed by atoms with van der Waals surface area (Å²) in [6, 6.07) is 5.09. The molecule has 0 radical (unpaired) electrons. The van der Waals surface area contributed by atoms with Crippen LogP contribution in [0.25, 0.3) is 0 Å². The Morgan fingerprint density at radius 3 is 2.25 bits per heavy atom. The zero-order valence-corrected chi connectivity index (χ0v) is 12.8. The highest BCUT2D eigenvalue weighted by Crippen LogP contribution is 2.25. The molecule has 1 aromatic carbocycles. The van der Waals surface area contributed by atoms with E-state index in [1.165, 1.54) is 0 Å². The monoisotopic (exact) mass is 279 g/mol. The van der Waals surface area contributed by atoms with E-state index >= 15 is 0 Å². The number of nitrogens with zero attached hydrogens (tertiary/aromatic N) is 1. The first-order valence-corrected chi connectivity index (χ1v) is 7.21. The van der Waals surface area contributed by atoms with Gasteiger partial charge in [-0.15, -0.1) is 0 Å². The number of anilines is 2. The summed E-state index contributed by atoms with van der Waals surface area (Å²) in [5.74, 6) is 1.10. The molecule has 0 aliphatic carbocycles. The van der Waals surface area contributed by atoms with Crippen LogP contribution in [0.4, 0.5) is 17.1 Å². The van der Waals surface area contributed by atoms with Gasteiger partial charge in [0.1, 0.15) is 0 Å². The fourth-order valence-electron chi connectivity index (χ4n) is 1.70. The van der Waals surface area contributed by atoms with Gasteiger partial charge in [-0.1, -0.05) is 27.7 Å². The van der Waals surface area contributed by atoms with Gasteiger partial charge in [-0.3, -0.25) is 10.1 Å². The van der Waals surface area contributed by atoms with Crippen molar-refractivity contribution in [1.82, 2.24) is 0 Å². The Labute approximate surface area is 120 Å². The minimum atomic E-state index is -0.353. The van der Waals surface area contributed by atoms with Crippen LogP contribution in [0, 0.1) is 22.0 Å². The van der Waals surface area contributed by atoms with Crippen LogP contribution < -0.4 is 10.6 Å². The van der Waals surface area contributed by atoms with E-state index in [2.05, 4.69) is 38.3 Å². The maximum Gasteiger partial charge on any atom is 0.273 e. The summed E-state index contributed by atoms with van der Waals surface area (Å²) in [6.07, 6.45) is 0.982. The molecule has 0 saturated carbocycles. The van der Waals surface area contributed by atoms with Crippen molar-refractivity contribution < 1.29 is 4.92 Å². The Morgan fingerprint density at radius 2 is 1.75 bits per heavy atom. The second-order valence-corrected chi connectivity index (χ2v) is 5.55. The number of hydrogen-bond acceptors (Lipinski definition) is 4. The van der Waals surface area contributed by atoms with Gasteiger partial charge in [0.15, 0.2) is 0 Å². The zero-order valence-electron chi connectivity index (χ0n) is 12.8. The van der Waals surface area contributed by atoms with Crippen molar-refractivity contribution in [3.05, 3.63) is 28.3 Å². The Bertz CT molecular complexity index is 447. The Balaban J connectivity index is 2.82. The molecule has 0 heterocycles. The van der Waals surface area contributed by atoms with Crippen molar-refractivity contribution in [1.29, 1.82) is 0 Å². The number of nitrogens with one attached hydrogen (secondary N) is 2. The molecule has 5 nitrogen and oxygen atoms in total. The van der Waals surface area contributed by atoms with E-state index < -0.39 is 0 Å². The molecule has 5 heteroatoms. The number of nitro groups is 1. The smallest absolute Gasteiger partial charge is 0.273 e. The molecule has 1 atom stereocenters. The lowest BCUT2D eigenvalue weighted by atomic mass is 9.98. The molecule has 112 valence electrons. The molecule has 1 aromatic rings. The van der Waals surface area contributed by atoms with Gasteiger partial charge in [-0.25, -0.2) is 0 Å². The summed E-state index contributed by atoms with van der Waals surface area (Å²) in [7, 11) is 0. The second-order valence-electron chi connectivity index (χ2n) is 5.55. The Kier molecular flexibility index (Phi) is 6.28. The average molecular weight is 279 g/mol. The van der Waals surface area contributed by atoms with Crippen molar-refractivity contribution in [3.63, 3.8) is 0 Å². The minimum Gasteiger partial charge on any atom is -0.385 e. The van der Waals surface area contributed by atoms with Gasteiger partial charge in [-0.05, 0) is 24.3 Å². The minimum absolute atomic E-state index is 0.116. The summed E-state index contributed by atoms with van der Waals surface area (Å²) in [5, 5.41) is 17.5. The fraction of sp³-hybridized carbons (Fsp3) is 0.600. The second kappa shape index (κ2) is 7.72. The van der Waals surface area contributed by atoms with Gasteiger partial charge in [0, 0.05) is 36.6 Å². The molecule has 2 N–H and O–H groups in total. The maximum absolute atomic E-state index is 11.0. The summed E-state index contributed by atoms with van der Waals surface area (Å²) in [4.78, 5) is 10.6. The fourth-order valence-corrected chi connectivity index (χ4v) is 1.70. The van der Waals surface area contributed by atoms with Crippen LogP contribution in [0.15, 0.2) is 18.2 Å². The van der Waals surface area contributed by atoms with Crippen LogP contribution in [-0.2, 0) is 0 Å². The third kappa shape index (κ3) is 5.07. The molecule has 0 amide bonds. The molecule has 20 heavy (non-hydrogen) atoms. The molecule has 0 bridgehead atoms. The van der Waals surface area contributed by atoms with E-state index in [1.807, 2.05) is 6.07 Å². The molecular formula is C15H25N3O2. The van der Waals surface area contributed by atoms with Crippen LogP contribution in [0.3, 0.4) is 0 Å². The molecule has 0 aromatic heterocycles. The zero-order chi connectivity index (χ0) is 15.1. The molecule has 1 rings (SSSR count). The highest BCUT2D eigenvalue weighted by atomic mass is 16.6. The third-order valence-corrected chi connectivity index (χ3v) is 3.47. The van der Waals surface area contributed by atoms with Crippen molar-refractivity contribution >= 4 is 17.1 Å². The molecule has 0 fully saturated rings. The summed E-state index contributed by atoms with van der Waals surface area (Å²) in [5.41, 5.74) is 1.71. The molecule has 0 saturated heterocycles. The largest absolute Gasteiger partial charge is 0.385 e. The molecular weight excluding hydrogens is 254 g/mol. The number of nitro benzene ring substituents is 1. The topological polar surface area (TPSA) is 67.2 Å². The predicted octanol–water partition coefficient (Wildman–Crippen LogP) is 4.12. The lowest BCUT2D eigenvalue weighted by molar-refractivity contribution is -0.384. The van der Waals surface area contributed by atoms with Gasteiger partial charge in [-0.2, -0.15) is 0 Å². The number of non-ortho nitro benzene ring substituents is 1. The van der Waals surface area contributed by atoms with Crippen molar-refractivity contribution in [2.24, 2.45) is 11.8 Å². The normalized spacial score (nSPS) is 12.2. The lowest BCUT2D eigenvalue weighted by Gasteiger charge is -2.17. The lowest BCUT2D eigenvalue weighted by Crippen LogP contribution is -2.16. The standard InChI is InChI=1S/C15H25N3O2/c1-5-6-16-13-7-14(9-15(8-13)18(19)20)17-10-12(4)11(2)3/h7-9,11-12,16-17H,5-6,10H2,1-4H3. The van der Waals surface area contributed by atoms with Crippen molar-refractivity contribution in [3.8, 4) is 0 Å². The summed E-state index contributed by atoms with van der Waals surface area (Å²) < 4.78 is 0. The van der Waals surface area contributed by atoms with Crippen LogP contribution >= 0.6 is 0 Å². The first-order chi connectivity index (χ1) is 9.43. The van der Waals surface area contributed by atoms with Crippen molar-refractivity contribution in [2.45, 2.75) is 34.1 Å². The molecule has 0 aliphatic rings. The van der Waals surface area contributed by atoms with Gasteiger partial charge >= 0.3 is 0 Å². The van der Waals surface area contributed by atoms with E-state index in [0.717, 1.165) is 30.9 Å². The van der Waals surface area contributed by atoms with Gasteiger partial charge in [0.2, 0.25) is 0 Å². The first kappa shape index (κ1) is 16.3. The Morgan fingerprint density at radius 1 is 1.15 bits per heavy atom. The van der Waals surface area contributed by atoms with E-state index in [-0.39, 0.29) is 10.6 Å². The van der Waals surface area contributed by atoms with E-state index in [1.54, 1.807) is 12.1 Å². The van der Waals surface area contributed by atoms with Crippen molar-refractivity contribution in [2.75, 3.05) is 23.7 Å². The first-order valence-electron chi connectivity index (χ1n) is 7.21. The van der Waals surface area contributed by atoms with E-state index in [0.29, 0.717) is 11.8 Å². The molecule has 0 aliphatic heterocycles. The summed E-state index contributed by atoms with van der Waals surface area (Å²) >= 11 is 0. The van der Waals surface area contributed by atoms with Gasteiger partial charge in [0.25, 0.3) is 5.69 Å². The van der Waals surface area contributed by atoms with E-state index in [9.17, 15) is 10.1 Å². The van der Waals surface area contributed by atoms with Crippen LogP contribution in [0.1, 0.15) is 34.1 Å². The average Bonchev–Trinajstić information content (AvgIpc) is 2.42. The quantitative estimate of drug-likeness (QED) is 0.555. The SMILES string of the molecule is CCCNc1cc(NCC(C)C(C)C)cc([N+](=O)[O-])c1. The predicted molar refractivity (Wildman–Crippen MR) is 84.4 cm³/mol. The van der Waals surface area contributed by atoms with Gasteiger partial charge < -0.3 is 10.6 Å². The molecule has 0 spiro atoms. The highest BCUT2D eigenvalue weighted by molar-refractivity contribution is 5.63. The van der Waals surface area contributed by atoms with Crippen LogP contribution in [0.5, 0.6) is 0 Å². The number of rotatable bonds is 8. The van der Waals surface area contributed by atoms with E-state index in [4.69, 9.17) is 0 Å². The highest BCUT2D eigenvalue weighted by Gasteiger charge is 2.11. The number of benzene rings is 1. The maximum atomic E-state index is 11.0. The van der Waals surface area contributed by atoms with Crippen LogP contribution in [-0.4, -0.2) is 18.0 Å². The Hall–Kier alpha value is -1.78. The number of hydrogen-bond donors (Lipinski definition) is 2. The third-order valence-electron chi connectivity index (χ3n) is 3.47. The summed E-state index contributed by atoms with van der Waals surface area (Å²) in [6.45, 7) is 10.2. The molecule has 1 unspecified atom stereocenters.